The number of carbonyl (C=O) groups excluding carboxylic acids is 4. The van der Waals surface area contributed by atoms with Gasteiger partial charge in [0, 0.05) is 6.54 Å². The Bertz CT molecular complexity index is 1130. The first-order valence-corrected chi connectivity index (χ1v) is 14.4. The van der Waals surface area contributed by atoms with Gasteiger partial charge in [-0.1, -0.05) is 11.6 Å². The number of allylic oxidation sites excluding steroid dienone is 1. The number of hydrogen-bond acceptors (Lipinski definition) is 5. The summed E-state index contributed by atoms with van der Waals surface area (Å²) in [5, 5.41) is 0. The highest BCUT2D eigenvalue weighted by molar-refractivity contribution is 6.23. The molecule has 38 heavy (non-hydrogen) atoms. The van der Waals surface area contributed by atoms with E-state index in [1.54, 1.807) is 24.3 Å². The number of benzene rings is 1. The van der Waals surface area contributed by atoms with Gasteiger partial charge < -0.3 is 9.64 Å². The minimum absolute atomic E-state index is 0.00867. The molecule has 0 N–H and O–H groups in total. The van der Waals surface area contributed by atoms with Crippen LogP contribution in [0, 0.1) is 23.2 Å². The van der Waals surface area contributed by atoms with Crippen molar-refractivity contribution in [3.05, 3.63) is 41.5 Å². The first kappa shape index (κ1) is 25.3. The summed E-state index contributed by atoms with van der Waals surface area (Å²) in [7, 11) is 1.31. The van der Waals surface area contributed by atoms with Gasteiger partial charge in [0.2, 0.25) is 11.8 Å². The zero-order chi connectivity index (χ0) is 26.4. The molecule has 1 saturated heterocycles. The van der Waals surface area contributed by atoms with E-state index in [2.05, 4.69) is 6.08 Å². The van der Waals surface area contributed by atoms with Crippen LogP contribution in [0.3, 0.4) is 0 Å². The van der Waals surface area contributed by atoms with Crippen LogP contribution in [0.15, 0.2) is 35.9 Å². The number of imide groups is 1. The van der Waals surface area contributed by atoms with E-state index in [1.807, 2.05) is 4.90 Å². The quantitative estimate of drug-likeness (QED) is 0.287. The van der Waals surface area contributed by atoms with Gasteiger partial charge in [0.05, 0.1) is 30.2 Å². The molecule has 3 amide bonds. The van der Waals surface area contributed by atoms with Crippen LogP contribution in [0.25, 0.3) is 0 Å². The van der Waals surface area contributed by atoms with Crippen molar-refractivity contribution in [2.75, 3.05) is 18.6 Å². The van der Waals surface area contributed by atoms with Crippen molar-refractivity contribution in [1.82, 2.24) is 4.90 Å². The highest BCUT2D eigenvalue weighted by Crippen LogP contribution is 2.60. The van der Waals surface area contributed by atoms with Crippen LogP contribution in [0.2, 0.25) is 0 Å². The number of carbonyl (C=O) groups is 4. The molecular weight excluding hydrogens is 480 g/mol. The van der Waals surface area contributed by atoms with Crippen LogP contribution in [0.1, 0.15) is 87.4 Å². The fraction of sp³-hybridized carbons (Fsp3) is 0.613. The predicted molar refractivity (Wildman–Crippen MR) is 142 cm³/mol. The molecule has 7 rings (SSSR count). The molecule has 1 aromatic carbocycles. The second-order valence-corrected chi connectivity index (χ2v) is 12.4. The highest BCUT2D eigenvalue weighted by Gasteiger charge is 2.57. The summed E-state index contributed by atoms with van der Waals surface area (Å²) in [4.78, 5) is 56.4. The van der Waals surface area contributed by atoms with Crippen LogP contribution >= 0.6 is 0 Å². The molecule has 0 aromatic heterocycles. The van der Waals surface area contributed by atoms with Gasteiger partial charge in [0.15, 0.2) is 0 Å². The zero-order valence-electron chi connectivity index (χ0n) is 22.3. The summed E-state index contributed by atoms with van der Waals surface area (Å²) < 4.78 is 4.76. The van der Waals surface area contributed by atoms with Gasteiger partial charge in [-0.05, 0) is 113 Å². The SMILES string of the molecule is COC(=O)c1ccc(N2C(=O)CC(N(CCC3=CCCCC3)C(=O)C34CC5CC(CC(C5)C3)C4)C2=O)cc1. The van der Waals surface area contributed by atoms with Gasteiger partial charge in [0.25, 0.3) is 5.91 Å². The molecular formula is C31H38N2O5. The molecule has 202 valence electrons. The monoisotopic (exact) mass is 518 g/mol. The molecule has 0 spiro atoms. The second kappa shape index (κ2) is 9.97. The number of amides is 3. The Morgan fingerprint density at radius 2 is 1.66 bits per heavy atom. The molecule has 7 heteroatoms. The van der Waals surface area contributed by atoms with E-state index in [0.29, 0.717) is 35.5 Å². The number of esters is 1. The van der Waals surface area contributed by atoms with E-state index in [9.17, 15) is 19.2 Å². The van der Waals surface area contributed by atoms with E-state index in [-0.39, 0.29) is 29.6 Å². The highest BCUT2D eigenvalue weighted by atomic mass is 16.5. The normalized spacial score (nSPS) is 31.9. The molecule has 7 nitrogen and oxygen atoms in total. The molecule has 1 aromatic rings. The maximum Gasteiger partial charge on any atom is 0.337 e. The summed E-state index contributed by atoms with van der Waals surface area (Å²) in [6.45, 7) is 0.491. The topological polar surface area (TPSA) is 84.0 Å². The van der Waals surface area contributed by atoms with Crippen LogP contribution in [-0.4, -0.2) is 48.3 Å². The van der Waals surface area contributed by atoms with Crippen molar-refractivity contribution in [3.63, 3.8) is 0 Å². The van der Waals surface area contributed by atoms with Gasteiger partial charge in [-0.3, -0.25) is 14.4 Å². The standard InChI is InChI=1S/C31H38N2O5/c1-38-29(36)24-7-9-25(10-8-24)33-27(34)16-26(28(33)35)32(12-11-20-5-3-2-4-6-20)30(37)31-17-21-13-22(18-31)15-23(14-21)19-31/h5,7-10,21-23,26H,2-4,6,11-19H2,1H3. The van der Waals surface area contributed by atoms with Gasteiger partial charge in [-0.15, -0.1) is 0 Å². The Morgan fingerprint density at radius 1 is 1.00 bits per heavy atom. The maximum atomic E-state index is 14.5. The lowest BCUT2D eigenvalue weighted by Crippen LogP contribution is -2.57. The van der Waals surface area contributed by atoms with Crippen molar-refractivity contribution in [2.24, 2.45) is 23.2 Å². The number of ether oxygens (including phenoxy) is 1. The lowest BCUT2D eigenvalue weighted by molar-refractivity contribution is -0.161. The van der Waals surface area contributed by atoms with Crippen LogP contribution < -0.4 is 4.90 Å². The molecule has 6 aliphatic rings. The van der Waals surface area contributed by atoms with Crippen molar-refractivity contribution in [2.45, 2.75) is 83.1 Å². The van der Waals surface area contributed by atoms with Gasteiger partial charge in [0.1, 0.15) is 6.04 Å². The Kier molecular flexibility index (Phi) is 6.65. The van der Waals surface area contributed by atoms with Crippen LogP contribution in [-0.2, 0) is 19.1 Å². The average molecular weight is 519 g/mol. The third kappa shape index (κ3) is 4.48. The summed E-state index contributed by atoms with van der Waals surface area (Å²) >= 11 is 0. The summed E-state index contributed by atoms with van der Waals surface area (Å²) in [6, 6.07) is 5.55. The number of anilines is 1. The molecule has 1 unspecified atom stereocenters. The van der Waals surface area contributed by atoms with Gasteiger partial charge >= 0.3 is 5.97 Å². The molecule has 5 fully saturated rings. The van der Waals surface area contributed by atoms with E-state index < -0.39 is 12.0 Å². The summed E-state index contributed by atoms with van der Waals surface area (Å²) in [5.41, 5.74) is 1.78. The predicted octanol–water partition coefficient (Wildman–Crippen LogP) is 5.04. The summed E-state index contributed by atoms with van der Waals surface area (Å²) in [5.74, 6) is 0.874. The lowest BCUT2D eigenvalue weighted by atomic mass is 9.49. The molecule has 1 heterocycles. The van der Waals surface area contributed by atoms with Gasteiger partial charge in [-0.25, -0.2) is 9.69 Å². The number of nitrogens with zero attached hydrogens (tertiary/aromatic N) is 2. The fourth-order valence-electron chi connectivity index (χ4n) is 8.47. The van der Waals surface area contributed by atoms with E-state index in [1.165, 1.54) is 49.7 Å². The van der Waals surface area contributed by atoms with Gasteiger partial charge in [-0.2, -0.15) is 0 Å². The van der Waals surface area contributed by atoms with Crippen molar-refractivity contribution in [1.29, 1.82) is 0 Å². The Morgan fingerprint density at radius 3 is 2.24 bits per heavy atom. The Hall–Kier alpha value is -2.96. The minimum atomic E-state index is -0.771. The fourth-order valence-corrected chi connectivity index (χ4v) is 8.47. The molecule has 1 aliphatic heterocycles. The first-order chi connectivity index (χ1) is 18.4. The number of hydrogen-bond donors (Lipinski definition) is 0. The number of methoxy groups -OCH3 is 1. The molecule has 4 saturated carbocycles. The van der Waals surface area contributed by atoms with Crippen molar-refractivity contribution >= 4 is 29.4 Å². The van der Waals surface area contributed by atoms with E-state index >= 15 is 0 Å². The Labute approximate surface area is 224 Å². The maximum absolute atomic E-state index is 14.5. The molecule has 1 atom stereocenters. The third-order valence-electron chi connectivity index (χ3n) is 9.86. The third-order valence-corrected chi connectivity index (χ3v) is 9.86. The molecule has 5 aliphatic carbocycles. The smallest absolute Gasteiger partial charge is 0.337 e. The van der Waals surface area contributed by atoms with E-state index in [0.717, 1.165) is 38.5 Å². The van der Waals surface area contributed by atoms with E-state index in [4.69, 9.17) is 4.74 Å². The largest absolute Gasteiger partial charge is 0.465 e. The zero-order valence-corrected chi connectivity index (χ0v) is 22.3. The average Bonchev–Trinajstić information content (AvgIpc) is 3.21. The van der Waals surface area contributed by atoms with Crippen LogP contribution in [0.5, 0.6) is 0 Å². The summed E-state index contributed by atoms with van der Waals surface area (Å²) in [6.07, 6.45) is 14.1. The van der Waals surface area contributed by atoms with Crippen LogP contribution in [0.4, 0.5) is 5.69 Å². The Balaban J connectivity index is 1.27. The molecule has 4 bridgehead atoms. The van der Waals surface area contributed by atoms with Crippen molar-refractivity contribution < 1.29 is 23.9 Å². The molecule has 0 radical (unpaired) electrons. The minimum Gasteiger partial charge on any atom is -0.465 e. The lowest BCUT2D eigenvalue weighted by Gasteiger charge is -2.57. The van der Waals surface area contributed by atoms with Crippen molar-refractivity contribution in [3.8, 4) is 0 Å². The number of rotatable bonds is 7. The second-order valence-electron chi connectivity index (χ2n) is 12.4. The first-order valence-electron chi connectivity index (χ1n) is 14.4.